The molecule has 1 N–H and O–H groups in total. The van der Waals surface area contributed by atoms with E-state index in [2.05, 4.69) is 5.32 Å². The lowest BCUT2D eigenvalue weighted by atomic mass is 9.47. The monoisotopic (exact) mass is 361 g/mol. The average molecular weight is 362 g/mol. The molecule has 4 saturated carbocycles. The molecule has 0 aliphatic heterocycles. The maximum atomic E-state index is 12.7. The van der Waals surface area contributed by atoms with Crippen LogP contribution in [0.5, 0.6) is 0 Å². The molecule has 0 spiro atoms. The van der Waals surface area contributed by atoms with Crippen LogP contribution in [0.3, 0.4) is 0 Å². The maximum Gasteiger partial charge on any atom is 0.328 e. The third-order valence-corrected chi connectivity index (χ3v) is 6.73. The molecule has 0 radical (unpaired) electrons. The third-order valence-electron chi connectivity index (χ3n) is 6.50. The molecule has 4 nitrogen and oxygen atoms in total. The van der Waals surface area contributed by atoms with Gasteiger partial charge in [-0.25, -0.2) is 4.79 Å². The lowest BCUT2D eigenvalue weighted by Gasteiger charge is -2.58. The van der Waals surface area contributed by atoms with Crippen LogP contribution < -0.4 is 5.32 Å². The quantitative estimate of drug-likeness (QED) is 0.829. The molecular weight excluding hydrogens is 338 g/mol. The van der Waals surface area contributed by atoms with Crippen molar-refractivity contribution in [2.75, 3.05) is 7.11 Å². The van der Waals surface area contributed by atoms with E-state index >= 15 is 0 Å². The normalized spacial score (nSPS) is 33.8. The number of methoxy groups -OCH3 is 1. The summed E-state index contributed by atoms with van der Waals surface area (Å²) in [7, 11) is 1.40. The Balaban J connectivity index is 1.61. The van der Waals surface area contributed by atoms with Gasteiger partial charge in [-0.1, -0.05) is 17.7 Å². The summed E-state index contributed by atoms with van der Waals surface area (Å²) in [6.45, 7) is 0. The number of hydrogen-bond donors (Lipinski definition) is 1. The second-order valence-electron chi connectivity index (χ2n) is 8.22. The Hall–Kier alpha value is -1.55. The Bertz CT molecular complexity index is 667. The second-order valence-corrected chi connectivity index (χ2v) is 8.66. The summed E-state index contributed by atoms with van der Waals surface area (Å²) >= 11 is 6.00. The van der Waals surface area contributed by atoms with Crippen molar-refractivity contribution in [2.24, 2.45) is 23.2 Å². The highest BCUT2D eigenvalue weighted by atomic mass is 35.5. The van der Waals surface area contributed by atoms with Crippen molar-refractivity contribution in [3.63, 3.8) is 0 Å². The smallest absolute Gasteiger partial charge is 0.328 e. The Morgan fingerprint density at radius 2 is 1.76 bits per heavy atom. The topological polar surface area (TPSA) is 55.4 Å². The van der Waals surface area contributed by atoms with Gasteiger partial charge in [0.2, 0.25) is 0 Å². The molecule has 4 aliphatic rings. The highest BCUT2D eigenvalue weighted by molar-refractivity contribution is 6.31. The summed E-state index contributed by atoms with van der Waals surface area (Å²) in [6.07, 6.45) is 6.93. The number of rotatable bonds is 4. The van der Waals surface area contributed by atoms with Crippen LogP contribution in [0.4, 0.5) is 0 Å². The largest absolute Gasteiger partial charge is 0.467 e. The van der Waals surface area contributed by atoms with Gasteiger partial charge in [0.25, 0.3) is 5.91 Å². The van der Waals surface area contributed by atoms with Crippen molar-refractivity contribution in [3.05, 3.63) is 34.9 Å². The first-order chi connectivity index (χ1) is 12.0. The standard InChI is InChI=1S/C20H24ClNO3/c1-25-19(24)17(22-18(23)15-3-2-4-16(21)8-15)20-9-12-5-13(10-20)7-14(6-12)11-20/h2-4,8,12-14,17H,5-7,9-11H2,1H3,(H,22,23). The second kappa shape index (κ2) is 6.31. The minimum Gasteiger partial charge on any atom is -0.467 e. The molecule has 25 heavy (non-hydrogen) atoms. The van der Waals surface area contributed by atoms with Crippen molar-refractivity contribution >= 4 is 23.5 Å². The first-order valence-corrected chi connectivity index (χ1v) is 9.51. The van der Waals surface area contributed by atoms with Gasteiger partial charge in [-0.2, -0.15) is 0 Å². The molecule has 0 saturated heterocycles. The number of ether oxygens (including phenoxy) is 1. The summed E-state index contributed by atoms with van der Waals surface area (Å²) < 4.78 is 5.08. The fourth-order valence-corrected chi connectivity index (χ4v) is 6.15. The van der Waals surface area contributed by atoms with Crippen LogP contribution in [0.15, 0.2) is 24.3 Å². The number of amides is 1. The van der Waals surface area contributed by atoms with E-state index in [1.165, 1.54) is 26.4 Å². The SMILES string of the molecule is COC(=O)C(NC(=O)c1cccc(Cl)c1)C12CC3CC(CC(C3)C1)C2. The highest BCUT2D eigenvalue weighted by Gasteiger charge is 2.56. The molecule has 1 aromatic carbocycles. The van der Waals surface area contributed by atoms with Gasteiger partial charge in [0, 0.05) is 16.0 Å². The van der Waals surface area contributed by atoms with Gasteiger partial charge >= 0.3 is 5.97 Å². The lowest BCUT2D eigenvalue weighted by Crippen LogP contribution is -2.60. The van der Waals surface area contributed by atoms with E-state index in [1.54, 1.807) is 24.3 Å². The summed E-state index contributed by atoms with van der Waals surface area (Å²) in [5, 5.41) is 3.51. The number of nitrogens with one attached hydrogen (secondary N) is 1. The predicted octanol–water partition coefficient (Wildman–Crippen LogP) is 3.83. The van der Waals surface area contributed by atoms with Gasteiger partial charge in [0.05, 0.1) is 7.11 Å². The van der Waals surface area contributed by atoms with Crippen LogP contribution >= 0.6 is 11.6 Å². The number of esters is 1. The van der Waals surface area contributed by atoms with Crippen LogP contribution in [-0.4, -0.2) is 25.0 Å². The molecule has 5 heteroatoms. The van der Waals surface area contributed by atoms with E-state index in [0.29, 0.717) is 28.3 Å². The first kappa shape index (κ1) is 16.9. The van der Waals surface area contributed by atoms with Crippen LogP contribution in [0.2, 0.25) is 5.02 Å². The molecule has 0 aromatic heterocycles. The molecule has 4 bridgehead atoms. The van der Waals surface area contributed by atoms with Crippen LogP contribution in [-0.2, 0) is 9.53 Å². The molecule has 4 aliphatic carbocycles. The highest BCUT2D eigenvalue weighted by Crippen LogP contribution is 2.61. The molecular formula is C20H24ClNO3. The summed E-state index contributed by atoms with van der Waals surface area (Å²) in [6, 6.07) is 6.25. The van der Waals surface area contributed by atoms with E-state index in [4.69, 9.17) is 16.3 Å². The molecule has 1 amide bonds. The van der Waals surface area contributed by atoms with Crippen LogP contribution in [0, 0.1) is 23.2 Å². The summed E-state index contributed by atoms with van der Waals surface area (Å²) in [5.74, 6) is 1.51. The van der Waals surface area contributed by atoms with E-state index < -0.39 is 6.04 Å². The first-order valence-electron chi connectivity index (χ1n) is 9.13. The number of hydrogen-bond acceptors (Lipinski definition) is 3. The van der Waals surface area contributed by atoms with Crippen molar-refractivity contribution in [2.45, 2.75) is 44.6 Å². The Morgan fingerprint density at radius 1 is 1.16 bits per heavy atom. The van der Waals surface area contributed by atoms with Crippen molar-refractivity contribution in [3.8, 4) is 0 Å². The van der Waals surface area contributed by atoms with Gasteiger partial charge in [-0.3, -0.25) is 4.79 Å². The zero-order valence-corrected chi connectivity index (χ0v) is 15.2. The van der Waals surface area contributed by atoms with Crippen molar-refractivity contribution < 1.29 is 14.3 Å². The van der Waals surface area contributed by atoms with Gasteiger partial charge < -0.3 is 10.1 Å². The molecule has 1 aromatic rings. The molecule has 1 unspecified atom stereocenters. The maximum absolute atomic E-state index is 12.7. The van der Waals surface area contributed by atoms with Crippen LogP contribution in [0.25, 0.3) is 0 Å². The fraction of sp³-hybridized carbons (Fsp3) is 0.600. The minimum absolute atomic E-state index is 0.143. The zero-order valence-electron chi connectivity index (χ0n) is 14.5. The van der Waals surface area contributed by atoms with Gasteiger partial charge in [-0.05, 0) is 74.5 Å². The average Bonchev–Trinajstić information content (AvgIpc) is 2.57. The lowest BCUT2D eigenvalue weighted by molar-refractivity contribution is -0.154. The Kier molecular flexibility index (Phi) is 4.27. The Morgan fingerprint density at radius 3 is 2.28 bits per heavy atom. The van der Waals surface area contributed by atoms with Gasteiger partial charge in [0.15, 0.2) is 0 Å². The minimum atomic E-state index is -0.572. The molecule has 4 fully saturated rings. The van der Waals surface area contributed by atoms with E-state index in [-0.39, 0.29) is 17.3 Å². The van der Waals surface area contributed by atoms with E-state index in [9.17, 15) is 9.59 Å². The summed E-state index contributed by atoms with van der Waals surface area (Å²) in [5.41, 5.74) is 0.335. The number of halogens is 1. The van der Waals surface area contributed by atoms with E-state index in [0.717, 1.165) is 19.3 Å². The third kappa shape index (κ3) is 3.05. The number of carbonyl (C=O) groups excluding carboxylic acids is 2. The van der Waals surface area contributed by atoms with Crippen LogP contribution in [0.1, 0.15) is 48.9 Å². The molecule has 1 atom stereocenters. The number of benzene rings is 1. The molecule has 5 rings (SSSR count). The van der Waals surface area contributed by atoms with Crippen molar-refractivity contribution in [1.82, 2.24) is 5.32 Å². The fourth-order valence-electron chi connectivity index (χ4n) is 5.96. The van der Waals surface area contributed by atoms with Gasteiger partial charge in [0.1, 0.15) is 6.04 Å². The number of carbonyl (C=O) groups is 2. The zero-order chi connectivity index (χ0) is 17.6. The van der Waals surface area contributed by atoms with E-state index in [1.807, 2.05) is 0 Å². The Labute approximate surface area is 153 Å². The van der Waals surface area contributed by atoms with Gasteiger partial charge in [-0.15, -0.1) is 0 Å². The van der Waals surface area contributed by atoms with Crippen molar-refractivity contribution in [1.29, 1.82) is 0 Å². The predicted molar refractivity (Wildman–Crippen MR) is 95.3 cm³/mol. The molecule has 0 heterocycles. The summed E-state index contributed by atoms with van der Waals surface area (Å²) in [4.78, 5) is 25.3. The molecule has 134 valence electrons.